The lowest BCUT2D eigenvalue weighted by Crippen LogP contribution is -2.01. The van der Waals surface area contributed by atoms with E-state index in [9.17, 15) is 0 Å². The van der Waals surface area contributed by atoms with Crippen LogP contribution in [0.1, 0.15) is 13.3 Å². The average molecular weight is 343 g/mol. The van der Waals surface area contributed by atoms with Crippen LogP contribution in [0.2, 0.25) is 0 Å². The summed E-state index contributed by atoms with van der Waals surface area (Å²) in [5.41, 5.74) is 7.47. The third-order valence-electron chi connectivity index (χ3n) is 2.27. The highest BCUT2D eigenvalue weighted by Crippen LogP contribution is 2.24. The van der Waals surface area contributed by atoms with Crippen LogP contribution in [0.4, 0.5) is 5.69 Å². The summed E-state index contributed by atoms with van der Waals surface area (Å²) < 4.78 is 8.49. The van der Waals surface area contributed by atoms with Crippen LogP contribution in [-0.2, 0) is 0 Å². The second-order valence-corrected chi connectivity index (χ2v) is 4.92. The summed E-state index contributed by atoms with van der Waals surface area (Å²) in [6.07, 6.45) is 4.72. The molecule has 5 heteroatoms. The van der Waals surface area contributed by atoms with Gasteiger partial charge in [0.25, 0.3) is 0 Å². The van der Waals surface area contributed by atoms with E-state index in [4.69, 9.17) is 10.5 Å². The van der Waals surface area contributed by atoms with Gasteiger partial charge in [0.15, 0.2) is 0 Å². The standard InChI is InChI=1S/C12H14IN3O/c1-2-5-17-12-6-10(3-4-11(12)14)16-8-9(13)7-15-16/h3-4,6-8H,2,5,14H2,1H3. The summed E-state index contributed by atoms with van der Waals surface area (Å²) >= 11 is 2.23. The zero-order valence-electron chi connectivity index (χ0n) is 9.56. The van der Waals surface area contributed by atoms with Crippen LogP contribution in [0.25, 0.3) is 5.69 Å². The van der Waals surface area contributed by atoms with Crippen molar-refractivity contribution in [2.45, 2.75) is 13.3 Å². The second-order valence-electron chi connectivity index (χ2n) is 3.67. The highest BCUT2D eigenvalue weighted by Gasteiger charge is 2.04. The fourth-order valence-electron chi connectivity index (χ4n) is 1.44. The number of nitrogens with two attached hydrogens (primary N) is 1. The Morgan fingerprint density at radius 2 is 2.29 bits per heavy atom. The average Bonchev–Trinajstić information content (AvgIpc) is 2.75. The molecule has 0 saturated carbocycles. The maximum Gasteiger partial charge on any atom is 0.144 e. The van der Waals surface area contributed by atoms with Crippen molar-refractivity contribution >= 4 is 28.3 Å². The molecule has 0 unspecified atom stereocenters. The summed E-state index contributed by atoms with van der Waals surface area (Å²) in [7, 11) is 0. The number of hydrogen-bond donors (Lipinski definition) is 1. The molecule has 0 atom stereocenters. The zero-order valence-corrected chi connectivity index (χ0v) is 11.7. The Labute approximate surface area is 114 Å². The van der Waals surface area contributed by atoms with E-state index in [0.29, 0.717) is 12.3 Å². The maximum absolute atomic E-state index is 5.86. The first kappa shape index (κ1) is 12.2. The molecule has 0 amide bonds. The van der Waals surface area contributed by atoms with Crippen molar-refractivity contribution in [1.29, 1.82) is 0 Å². The van der Waals surface area contributed by atoms with Gasteiger partial charge in [-0.3, -0.25) is 0 Å². The minimum absolute atomic E-state index is 0.657. The van der Waals surface area contributed by atoms with Gasteiger partial charge >= 0.3 is 0 Å². The van der Waals surface area contributed by atoms with Crippen molar-refractivity contribution in [3.05, 3.63) is 34.2 Å². The molecule has 0 radical (unpaired) electrons. The van der Waals surface area contributed by atoms with Gasteiger partial charge in [-0.25, -0.2) is 4.68 Å². The van der Waals surface area contributed by atoms with E-state index in [0.717, 1.165) is 21.4 Å². The number of benzene rings is 1. The van der Waals surface area contributed by atoms with E-state index < -0.39 is 0 Å². The van der Waals surface area contributed by atoms with Gasteiger partial charge in [-0.1, -0.05) is 6.92 Å². The summed E-state index contributed by atoms with van der Waals surface area (Å²) in [6.45, 7) is 2.74. The van der Waals surface area contributed by atoms with Crippen LogP contribution in [0.15, 0.2) is 30.6 Å². The molecule has 1 heterocycles. The van der Waals surface area contributed by atoms with Crippen molar-refractivity contribution in [1.82, 2.24) is 9.78 Å². The summed E-state index contributed by atoms with van der Waals surface area (Å²) in [5, 5.41) is 4.25. The Morgan fingerprint density at radius 1 is 1.47 bits per heavy atom. The quantitative estimate of drug-likeness (QED) is 0.686. The van der Waals surface area contributed by atoms with Gasteiger partial charge in [-0.2, -0.15) is 5.10 Å². The van der Waals surface area contributed by atoms with Crippen LogP contribution in [-0.4, -0.2) is 16.4 Å². The van der Waals surface area contributed by atoms with Crippen LogP contribution < -0.4 is 10.5 Å². The molecule has 0 saturated heterocycles. The van der Waals surface area contributed by atoms with Gasteiger partial charge in [0.2, 0.25) is 0 Å². The van der Waals surface area contributed by atoms with Gasteiger partial charge in [0.1, 0.15) is 5.75 Å². The number of nitrogen functional groups attached to an aromatic ring is 1. The number of aromatic nitrogens is 2. The Morgan fingerprint density at radius 3 is 2.94 bits per heavy atom. The van der Waals surface area contributed by atoms with E-state index in [1.165, 1.54) is 0 Å². The molecule has 90 valence electrons. The van der Waals surface area contributed by atoms with Crippen molar-refractivity contribution in [2.75, 3.05) is 12.3 Å². The molecule has 0 bridgehead atoms. The van der Waals surface area contributed by atoms with E-state index in [1.807, 2.05) is 30.6 Å². The first-order chi connectivity index (χ1) is 8.20. The molecule has 0 aliphatic heterocycles. The van der Waals surface area contributed by atoms with Crippen molar-refractivity contribution in [3.63, 3.8) is 0 Å². The van der Waals surface area contributed by atoms with Crippen LogP contribution >= 0.6 is 22.6 Å². The van der Waals surface area contributed by atoms with Gasteiger partial charge in [0, 0.05) is 12.3 Å². The Kier molecular flexibility index (Phi) is 3.88. The third-order valence-corrected chi connectivity index (χ3v) is 2.83. The van der Waals surface area contributed by atoms with E-state index >= 15 is 0 Å². The van der Waals surface area contributed by atoms with Crippen LogP contribution in [0.5, 0.6) is 5.75 Å². The minimum Gasteiger partial charge on any atom is -0.491 e. The van der Waals surface area contributed by atoms with Gasteiger partial charge in [0.05, 0.1) is 27.7 Å². The van der Waals surface area contributed by atoms with E-state index in [2.05, 4.69) is 34.6 Å². The number of rotatable bonds is 4. The lowest BCUT2D eigenvalue weighted by Gasteiger charge is -2.09. The molecular formula is C12H14IN3O. The molecule has 2 rings (SSSR count). The predicted molar refractivity (Wildman–Crippen MR) is 76.5 cm³/mol. The molecule has 1 aromatic carbocycles. The van der Waals surface area contributed by atoms with Crippen LogP contribution in [0, 0.1) is 3.57 Å². The molecule has 2 N–H and O–H groups in total. The molecule has 0 spiro atoms. The highest BCUT2D eigenvalue weighted by molar-refractivity contribution is 14.1. The molecule has 1 aromatic heterocycles. The van der Waals surface area contributed by atoms with Gasteiger partial charge < -0.3 is 10.5 Å². The monoisotopic (exact) mass is 343 g/mol. The first-order valence-corrected chi connectivity index (χ1v) is 6.51. The molecule has 2 aromatic rings. The zero-order chi connectivity index (χ0) is 12.3. The SMILES string of the molecule is CCCOc1cc(-n2cc(I)cn2)ccc1N. The number of nitrogens with zero attached hydrogens (tertiary/aromatic N) is 2. The lowest BCUT2D eigenvalue weighted by atomic mass is 10.2. The van der Waals surface area contributed by atoms with Crippen molar-refractivity contribution < 1.29 is 4.74 Å². The molecule has 0 aliphatic carbocycles. The summed E-state index contributed by atoms with van der Waals surface area (Å²) in [6, 6.07) is 5.68. The number of ether oxygens (including phenoxy) is 1. The largest absolute Gasteiger partial charge is 0.491 e. The third kappa shape index (κ3) is 2.91. The number of halogens is 1. The topological polar surface area (TPSA) is 53.1 Å². The molecule has 17 heavy (non-hydrogen) atoms. The minimum atomic E-state index is 0.657. The van der Waals surface area contributed by atoms with E-state index in [1.54, 1.807) is 4.68 Å². The normalized spacial score (nSPS) is 10.5. The number of hydrogen-bond acceptors (Lipinski definition) is 3. The Bertz CT molecular complexity index is 510. The molecule has 0 aliphatic rings. The van der Waals surface area contributed by atoms with E-state index in [-0.39, 0.29) is 0 Å². The molecular weight excluding hydrogens is 329 g/mol. The van der Waals surface area contributed by atoms with Gasteiger partial charge in [-0.05, 0) is 41.1 Å². The Balaban J connectivity index is 2.30. The Hall–Kier alpha value is -1.24. The maximum atomic E-state index is 5.86. The molecule has 0 fully saturated rings. The smallest absolute Gasteiger partial charge is 0.144 e. The highest BCUT2D eigenvalue weighted by atomic mass is 127. The summed E-state index contributed by atoms with van der Waals surface area (Å²) in [5.74, 6) is 0.717. The second kappa shape index (κ2) is 5.39. The fraction of sp³-hybridized carbons (Fsp3) is 0.250. The summed E-state index contributed by atoms with van der Waals surface area (Å²) in [4.78, 5) is 0. The first-order valence-electron chi connectivity index (χ1n) is 5.43. The predicted octanol–water partition coefficient (Wildman–Crippen LogP) is 2.85. The number of anilines is 1. The van der Waals surface area contributed by atoms with Crippen LogP contribution in [0.3, 0.4) is 0 Å². The van der Waals surface area contributed by atoms with Crippen molar-refractivity contribution in [3.8, 4) is 11.4 Å². The van der Waals surface area contributed by atoms with Gasteiger partial charge in [-0.15, -0.1) is 0 Å². The van der Waals surface area contributed by atoms with Crippen molar-refractivity contribution in [2.24, 2.45) is 0 Å². The fourth-order valence-corrected chi connectivity index (χ4v) is 1.83. The lowest BCUT2D eigenvalue weighted by molar-refractivity contribution is 0.319. The molecule has 4 nitrogen and oxygen atoms in total.